The molecule has 0 saturated heterocycles. The lowest BCUT2D eigenvalue weighted by molar-refractivity contribution is 0.793. The smallest absolute Gasteiger partial charge is 0.169 e. The van der Waals surface area contributed by atoms with Crippen LogP contribution in [0.2, 0.25) is 0 Å². The molecule has 0 amide bonds. The molecule has 2 rings (SSSR count). The van der Waals surface area contributed by atoms with Crippen molar-refractivity contribution in [1.29, 1.82) is 5.26 Å². The van der Waals surface area contributed by atoms with Crippen molar-refractivity contribution in [2.75, 3.05) is 11.4 Å². The lowest BCUT2D eigenvalue weighted by atomic mass is 10.1. The number of thiophene rings is 1. The molecular weight excluding hydrogens is 256 g/mol. The van der Waals surface area contributed by atoms with Gasteiger partial charge >= 0.3 is 0 Å². The van der Waals surface area contributed by atoms with Crippen LogP contribution in [-0.4, -0.2) is 16.7 Å². The van der Waals surface area contributed by atoms with Gasteiger partial charge in [0.1, 0.15) is 11.6 Å². The number of nitrogens with zero attached hydrogens (tertiary/aromatic N) is 4. The Balaban J connectivity index is 2.39. The average molecular weight is 272 g/mol. The van der Waals surface area contributed by atoms with Crippen LogP contribution in [0.1, 0.15) is 28.6 Å². The lowest BCUT2D eigenvalue weighted by Crippen LogP contribution is -2.24. The van der Waals surface area contributed by atoms with E-state index in [4.69, 9.17) is 0 Å². The fourth-order valence-corrected chi connectivity index (χ4v) is 2.60. The van der Waals surface area contributed by atoms with E-state index in [-0.39, 0.29) is 0 Å². The Labute approximate surface area is 117 Å². The van der Waals surface area contributed by atoms with E-state index in [0.29, 0.717) is 11.4 Å². The van der Waals surface area contributed by atoms with E-state index in [0.717, 1.165) is 24.3 Å². The molecule has 19 heavy (non-hydrogen) atoms. The van der Waals surface area contributed by atoms with E-state index in [1.807, 2.05) is 19.9 Å². The van der Waals surface area contributed by atoms with Crippen LogP contribution in [0.25, 0.3) is 0 Å². The molecule has 0 N–H and O–H groups in total. The zero-order valence-corrected chi connectivity index (χ0v) is 12.2. The highest BCUT2D eigenvalue weighted by Gasteiger charge is 2.16. The van der Waals surface area contributed by atoms with Gasteiger partial charge in [-0.3, -0.25) is 0 Å². The Bertz CT molecular complexity index is 599. The van der Waals surface area contributed by atoms with Crippen molar-refractivity contribution in [1.82, 2.24) is 10.2 Å². The summed E-state index contributed by atoms with van der Waals surface area (Å²) in [4.78, 5) is 3.34. The number of anilines is 1. The van der Waals surface area contributed by atoms with E-state index in [1.54, 1.807) is 11.3 Å². The minimum atomic E-state index is 0.630. The minimum absolute atomic E-state index is 0.630. The summed E-state index contributed by atoms with van der Waals surface area (Å²) in [5, 5.41) is 19.8. The van der Waals surface area contributed by atoms with Crippen LogP contribution >= 0.6 is 11.3 Å². The third-order valence-electron chi connectivity index (χ3n) is 3.16. The molecule has 0 aliphatic carbocycles. The van der Waals surface area contributed by atoms with Gasteiger partial charge in [-0.15, -0.1) is 16.4 Å². The number of aromatic nitrogens is 2. The second-order valence-corrected chi connectivity index (χ2v) is 5.35. The quantitative estimate of drug-likeness (QED) is 0.858. The number of aryl methyl sites for hydroxylation is 1. The predicted octanol–water partition coefficient (Wildman–Crippen LogP) is 3.05. The van der Waals surface area contributed by atoms with Crippen LogP contribution in [0.15, 0.2) is 17.5 Å². The Kier molecular flexibility index (Phi) is 4.13. The first-order valence-electron chi connectivity index (χ1n) is 6.18. The molecule has 0 radical (unpaired) electrons. The number of nitriles is 1. The van der Waals surface area contributed by atoms with Crippen LogP contribution in [0.5, 0.6) is 0 Å². The molecule has 0 aliphatic rings. The first-order chi connectivity index (χ1) is 9.17. The number of rotatable bonds is 4. The monoisotopic (exact) mass is 272 g/mol. The van der Waals surface area contributed by atoms with Gasteiger partial charge in [-0.05, 0) is 37.8 Å². The zero-order chi connectivity index (χ0) is 13.8. The molecule has 2 aromatic rings. The highest BCUT2D eigenvalue weighted by molar-refractivity contribution is 7.09. The van der Waals surface area contributed by atoms with Crippen molar-refractivity contribution in [3.8, 4) is 6.07 Å². The van der Waals surface area contributed by atoms with Gasteiger partial charge in [0.05, 0.1) is 12.2 Å². The van der Waals surface area contributed by atoms with Crippen molar-refractivity contribution in [3.05, 3.63) is 39.2 Å². The van der Waals surface area contributed by atoms with Crippen LogP contribution in [0.4, 0.5) is 5.82 Å². The van der Waals surface area contributed by atoms with Gasteiger partial charge in [0.25, 0.3) is 0 Å². The van der Waals surface area contributed by atoms with Gasteiger partial charge < -0.3 is 4.90 Å². The summed E-state index contributed by atoms with van der Waals surface area (Å²) in [6.07, 6.45) is 0. The van der Waals surface area contributed by atoms with E-state index in [1.165, 1.54) is 4.88 Å². The van der Waals surface area contributed by atoms with E-state index in [2.05, 4.69) is 39.5 Å². The third kappa shape index (κ3) is 2.74. The van der Waals surface area contributed by atoms with Gasteiger partial charge in [-0.25, -0.2) is 0 Å². The summed E-state index contributed by atoms with van der Waals surface area (Å²) in [6.45, 7) is 7.42. The van der Waals surface area contributed by atoms with Crippen LogP contribution < -0.4 is 4.90 Å². The molecule has 0 unspecified atom stereocenters. The van der Waals surface area contributed by atoms with Gasteiger partial charge in [-0.1, -0.05) is 6.07 Å². The van der Waals surface area contributed by atoms with E-state index < -0.39 is 0 Å². The molecule has 0 aliphatic heterocycles. The van der Waals surface area contributed by atoms with Gasteiger partial charge in [0, 0.05) is 11.4 Å². The number of hydrogen-bond acceptors (Lipinski definition) is 5. The largest absolute Gasteiger partial charge is 0.349 e. The van der Waals surface area contributed by atoms with Crippen molar-refractivity contribution in [2.45, 2.75) is 27.3 Å². The molecule has 2 heterocycles. The van der Waals surface area contributed by atoms with Gasteiger partial charge in [0.15, 0.2) is 5.82 Å². The normalized spacial score (nSPS) is 10.2. The average Bonchev–Trinajstić information content (AvgIpc) is 2.92. The molecular formula is C14H16N4S. The Hall–Kier alpha value is -1.93. The maximum Gasteiger partial charge on any atom is 0.169 e. The van der Waals surface area contributed by atoms with Crippen molar-refractivity contribution < 1.29 is 0 Å². The molecule has 98 valence electrons. The molecule has 0 aromatic carbocycles. The fourth-order valence-electron chi connectivity index (χ4n) is 1.88. The van der Waals surface area contributed by atoms with Crippen molar-refractivity contribution in [3.63, 3.8) is 0 Å². The SMILES string of the molecule is CCN(Cc1cccs1)c1nnc(C)c(C)c1C#N. The Morgan fingerprint density at radius 1 is 1.37 bits per heavy atom. The van der Waals surface area contributed by atoms with E-state index in [9.17, 15) is 5.26 Å². The maximum atomic E-state index is 9.35. The Morgan fingerprint density at radius 2 is 2.16 bits per heavy atom. The third-order valence-corrected chi connectivity index (χ3v) is 4.02. The van der Waals surface area contributed by atoms with Crippen molar-refractivity contribution >= 4 is 17.2 Å². The van der Waals surface area contributed by atoms with Crippen LogP contribution in [0.3, 0.4) is 0 Å². The van der Waals surface area contributed by atoms with Gasteiger partial charge in [0.2, 0.25) is 0 Å². The molecule has 4 nitrogen and oxygen atoms in total. The summed E-state index contributed by atoms with van der Waals surface area (Å²) < 4.78 is 0. The first kappa shape index (κ1) is 13.5. The maximum absolute atomic E-state index is 9.35. The summed E-state index contributed by atoms with van der Waals surface area (Å²) >= 11 is 1.71. The Morgan fingerprint density at radius 3 is 2.74 bits per heavy atom. The first-order valence-corrected chi connectivity index (χ1v) is 7.06. The summed E-state index contributed by atoms with van der Waals surface area (Å²) in [5.74, 6) is 0.682. The molecule has 0 atom stereocenters. The van der Waals surface area contributed by atoms with Crippen LogP contribution in [0, 0.1) is 25.2 Å². The minimum Gasteiger partial charge on any atom is -0.349 e. The second-order valence-electron chi connectivity index (χ2n) is 4.31. The summed E-state index contributed by atoms with van der Waals surface area (Å²) in [5.41, 5.74) is 2.36. The molecule has 0 spiro atoms. The summed E-state index contributed by atoms with van der Waals surface area (Å²) in [7, 11) is 0. The molecule has 2 aromatic heterocycles. The zero-order valence-electron chi connectivity index (χ0n) is 11.3. The lowest BCUT2D eigenvalue weighted by Gasteiger charge is -2.22. The predicted molar refractivity (Wildman–Crippen MR) is 77.3 cm³/mol. The topological polar surface area (TPSA) is 52.8 Å². The standard InChI is InChI=1S/C14H16N4S/c1-4-18(9-12-6-5-7-19-12)14-13(8-15)10(2)11(3)16-17-14/h5-7H,4,9H2,1-3H3. The summed E-state index contributed by atoms with van der Waals surface area (Å²) in [6, 6.07) is 6.38. The van der Waals surface area contributed by atoms with Crippen molar-refractivity contribution in [2.24, 2.45) is 0 Å². The molecule has 0 fully saturated rings. The van der Waals surface area contributed by atoms with E-state index >= 15 is 0 Å². The fraction of sp³-hybridized carbons (Fsp3) is 0.357. The number of hydrogen-bond donors (Lipinski definition) is 0. The highest BCUT2D eigenvalue weighted by atomic mass is 32.1. The molecule has 0 bridgehead atoms. The highest BCUT2D eigenvalue weighted by Crippen LogP contribution is 2.23. The molecule has 5 heteroatoms. The van der Waals surface area contributed by atoms with Gasteiger partial charge in [-0.2, -0.15) is 10.4 Å². The molecule has 0 saturated carbocycles. The second kappa shape index (κ2) is 5.81. The van der Waals surface area contributed by atoms with Crippen LogP contribution in [-0.2, 0) is 6.54 Å².